The number of fused-ring (bicyclic) bond motifs is 3. The molecule has 0 saturated heterocycles. The van der Waals surface area contributed by atoms with Crippen molar-refractivity contribution in [2.45, 2.75) is 6.92 Å². The molecule has 0 aliphatic carbocycles. The number of methoxy groups -OCH3 is 2. The lowest BCUT2D eigenvalue weighted by atomic mass is 10.0. The van der Waals surface area contributed by atoms with Crippen molar-refractivity contribution in [1.29, 1.82) is 0 Å². The van der Waals surface area contributed by atoms with E-state index in [4.69, 9.17) is 23.0 Å². The number of ether oxygens (including phenoxy) is 2. The minimum Gasteiger partial charge on any atom is -0.506 e. The van der Waals surface area contributed by atoms with Crippen LogP contribution in [0.1, 0.15) is 5.69 Å². The predicted octanol–water partition coefficient (Wildman–Crippen LogP) is 3.12. The molecule has 3 aromatic rings. The summed E-state index contributed by atoms with van der Waals surface area (Å²) in [6.45, 7) is 1.67. The Labute approximate surface area is 143 Å². The van der Waals surface area contributed by atoms with E-state index in [0.717, 1.165) is 0 Å². The smallest absolute Gasteiger partial charge is 0.365 e. The first kappa shape index (κ1) is 17.5. The zero-order valence-electron chi connectivity index (χ0n) is 14.4. The Kier molecular flexibility index (Phi) is 4.36. The Morgan fingerprint density at radius 1 is 1.08 bits per heavy atom. The summed E-state index contributed by atoms with van der Waals surface area (Å²) in [6, 6.07) is 3.28. The number of rotatable bonds is 5. The van der Waals surface area contributed by atoms with E-state index < -0.39 is 7.60 Å². The molecule has 1 aromatic heterocycles. The molecule has 0 atom stereocenters. The number of aryl methyl sites for hydroxylation is 1. The van der Waals surface area contributed by atoms with E-state index in [-0.39, 0.29) is 11.1 Å². The lowest BCUT2D eigenvalue weighted by molar-refractivity contribution is 0.286. The van der Waals surface area contributed by atoms with Crippen molar-refractivity contribution < 1.29 is 32.7 Å². The molecule has 0 aliphatic heterocycles. The Bertz CT molecular complexity index is 1000. The van der Waals surface area contributed by atoms with Gasteiger partial charge in [0, 0.05) is 25.7 Å². The number of aromatic nitrogens is 1. The van der Waals surface area contributed by atoms with Gasteiger partial charge in [0.05, 0.1) is 30.7 Å². The maximum absolute atomic E-state index is 13.1. The topological polar surface area (TPSA) is 100 Å². The second-order valence-corrected chi connectivity index (χ2v) is 7.46. The highest BCUT2D eigenvalue weighted by Gasteiger charge is 2.36. The molecule has 0 amide bonds. The first-order valence-electron chi connectivity index (χ1n) is 7.30. The predicted molar refractivity (Wildman–Crippen MR) is 92.3 cm³/mol. The number of benzene rings is 2. The number of hydrogen-bond acceptors (Lipinski definition) is 8. The molecule has 2 aromatic carbocycles. The van der Waals surface area contributed by atoms with Crippen LogP contribution in [0.25, 0.3) is 21.7 Å². The monoisotopic (exact) mass is 367 g/mol. The van der Waals surface area contributed by atoms with Crippen LogP contribution in [0.15, 0.2) is 16.7 Å². The quantitative estimate of drug-likeness (QED) is 0.687. The fraction of sp³-hybridized carbons (Fsp3) is 0.312. The van der Waals surface area contributed by atoms with Crippen molar-refractivity contribution in [3.05, 3.63) is 17.8 Å². The van der Waals surface area contributed by atoms with Crippen molar-refractivity contribution in [3.8, 4) is 17.2 Å². The average Bonchev–Trinajstić information content (AvgIpc) is 3.02. The molecule has 0 saturated carbocycles. The van der Waals surface area contributed by atoms with Gasteiger partial charge in [-0.25, -0.2) is 0 Å². The van der Waals surface area contributed by atoms with Crippen molar-refractivity contribution in [2.24, 2.45) is 0 Å². The van der Waals surface area contributed by atoms with Gasteiger partial charge in [-0.1, -0.05) is 5.16 Å². The summed E-state index contributed by atoms with van der Waals surface area (Å²) < 4.78 is 39.3. The largest absolute Gasteiger partial charge is 0.506 e. The van der Waals surface area contributed by atoms with Crippen LogP contribution in [0.4, 0.5) is 0 Å². The number of aromatic hydroxyl groups is 1. The highest BCUT2D eigenvalue weighted by atomic mass is 31.2. The fourth-order valence-electron chi connectivity index (χ4n) is 2.89. The van der Waals surface area contributed by atoms with E-state index >= 15 is 0 Å². The lowest BCUT2D eigenvalue weighted by Gasteiger charge is -2.18. The normalized spacial score (nSPS) is 12.0. The third kappa shape index (κ3) is 2.45. The van der Waals surface area contributed by atoms with E-state index in [1.54, 1.807) is 19.1 Å². The van der Waals surface area contributed by atoms with Gasteiger partial charge < -0.3 is 28.2 Å². The van der Waals surface area contributed by atoms with Gasteiger partial charge in [-0.15, -0.1) is 0 Å². The summed E-state index contributed by atoms with van der Waals surface area (Å²) in [6.07, 6.45) is 0. The number of nitrogens with zero attached hydrogens (tertiary/aromatic N) is 1. The van der Waals surface area contributed by atoms with Gasteiger partial charge in [-0.3, -0.25) is 4.57 Å². The van der Waals surface area contributed by atoms with Crippen LogP contribution < -0.4 is 14.8 Å². The van der Waals surface area contributed by atoms with Gasteiger partial charge >= 0.3 is 7.60 Å². The molecule has 0 unspecified atom stereocenters. The van der Waals surface area contributed by atoms with E-state index in [2.05, 4.69) is 5.16 Å². The van der Waals surface area contributed by atoms with Crippen LogP contribution in [0.5, 0.6) is 17.2 Å². The summed E-state index contributed by atoms with van der Waals surface area (Å²) in [5.41, 5.74) is 0.769. The zero-order chi connectivity index (χ0) is 18.4. The molecule has 0 fully saturated rings. The maximum atomic E-state index is 13.1. The number of phenolic OH excluding ortho intramolecular Hbond substituents is 1. The third-order valence-electron chi connectivity index (χ3n) is 4.09. The van der Waals surface area contributed by atoms with Crippen LogP contribution in [0, 0.1) is 6.92 Å². The van der Waals surface area contributed by atoms with Crippen molar-refractivity contribution in [2.75, 3.05) is 28.4 Å². The SMILES string of the molecule is COc1cc(OC)c2c(O)c(P(=O)(OC)OC)c3c(C)noc3c2c1. The molecular formula is C16H18NO7P. The number of hydrogen-bond donors (Lipinski definition) is 1. The molecule has 1 N–H and O–H groups in total. The minimum absolute atomic E-state index is 0.0118. The first-order chi connectivity index (χ1) is 11.9. The van der Waals surface area contributed by atoms with Crippen LogP contribution >= 0.6 is 7.60 Å². The highest BCUT2D eigenvalue weighted by Crippen LogP contribution is 2.53. The highest BCUT2D eigenvalue weighted by molar-refractivity contribution is 7.63. The standard InChI is InChI=1S/C16H18NO7P/c1-8-12-15(24-17-8)10-6-9(20-2)7-11(21-3)13(10)14(18)16(12)25(19,22-4)23-5/h6-7,18H,1-5H3. The van der Waals surface area contributed by atoms with Crippen molar-refractivity contribution in [3.63, 3.8) is 0 Å². The molecular weight excluding hydrogens is 349 g/mol. The maximum Gasteiger partial charge on any atom is 0.365 e. The molecule has 134 valence electrons. The minimum atomic E-state index is -3.80. The van der Waals surface area contributed by atoms with Crippen molar-refractivity contribution in [1.82, 2.24) is 5.16 Å². The van der Waals surface area contributed by atoms with Gasteiger partial charge in [0.15, 0.2) is 5.58 Å². The summed E-state index contributed by atoms with van der Waals surface area (Å²) in [7, 11) is 1.66. The van der Waals surface area contributed by atoms with Gasteiger partial charge in [-0.05, 0) is 13.0 Å². The van der Waals surface area contributed by atoms with Gasteiger partial charge in [0.2, 0.25) is 0 Å². The first-order valence-corrected chi connectivity index (χ1v) is 8.84. The molecule has 0 bridgehead atoms. The van der Waals surface area contributed by atoms with Crippen LogP contribution in [-0.2, 0) is 13.6 Å². The van der Waals surface area contributed by atoms with Gasteiger partial charge in [0.1, 0.15) is 22.6 Å². The van der Waals surface area contributed by atoms with Crippen molar-refractivity contribution >= 4 is 34.6 Å². The van der Waals surface area contributed by atoms with E-state index in [0.29, 0.717) is 38.9 Å². The van der Waals surface area contributed by atoms with E-state index in [1.165, 1.54) is 28.4 Å². The molecule has 0 radical (unpaired) electrons. The molecule has 25 heavy (non-hydrogen) atoms. The molecule has 0 spiro atoms. The Morgan fingerprint density at radius 2 is 1.76 bits per heavy atom. The lowest BCUT2D eigenvalue weighted by Crippen LogP contribution is -2.11. The second-order valence-electron chi connectivity index (χ2n) is 5.28. The van der Waals surface area contributed by atoms with E-state index in [1.807, 2.05) is 0 Å². The Hall–Kier alpha value is -2.28. The zero-order valence-corrected chi connectivity index (χ0v) is 15.3. The Balaban J connectivity index is 2.63. The summed E-state index contributed by atoms with van der Waals surface area (Å²) >= 11 is 0. The summed E-state index contributed by atoms with van der Waals surface area (Å²) in [4.78, 5) is 0. The van der Waals surface area contributed by atoms with E-state index in [9.17, 15) is 9.67 Å². The third-order valence-corrected chi connectivity index (χ3v) is 6.04. The molecule has 9 heteroatoms. The fourth-order valence-corrected chi connectivity index (χ4v) is 4.31. The Morgan fingerprint density at radius 3 is 2.32 bits per heavy atom. The summed E-state index contributed by atoms with van der Waals surface area (Å²) in [5.74, 6) is 0.552. The molecule has 0 aliphatic rings. The molecule has 3 rings (SSSR count). The number of phenols is 1. The van der Waals surface area contributed by atoms with Crippen LogP contribution in [0.2, 0.25) is 0 Å². The van der Waals surface area contributed by atoms with Gasteiger partial charge in [-0.2, -0.15) is 0 Å². The second kappa shape index (κ2) is 6.22. The average molecular weight is 367 g/mol. The molecule has 8 nitrogen and oxygen atoms in total. The van der Waals surface area contributed by atoms with Gasteiger partial charge in [0.25, 0.3) is 0 Å². The van der Waals surface area contributed by atoms with Crippen LogP contribution in [0.3, 0.4) is 0 Å². The van der Waals surface area contributed by atoms with Crippen LogP contribution in [-0.4, -0.2) is 38.7 Å². The molecule has 1 heterocycles. The summed E-state index contributed by atoms with van der Waals surface area (Å²) in [5, 5.41) is 16.0.